The molecule has 0 spiro atoms. The first kappa shape index (κ1) is 17.4. The lowest BCUT2D eigenvalue weighted by Gasteiger charge is -2.34. The fourth-order valence-electron chi connectivity index (χ4n) is 3.16. The van der Waals surface area contributed by atoms with Gasteiger partial charge in [-0.2, -0.15) is 0 Å². The Morgan fingerprint density at radius 2 is 2.04 bits per heavy atom. The van der Waals surface area contributed by atoms with Gasteiger partial charge >= 0.3 is 6.03 Å². The van der Waals surface area contributed by atoms with Crippen molar-refractivity contribution in [2.45, 2.75) is 31.9 Å². The van der Waals surface area contributed by atoms with E-state index in [0.29, 0.717) is 19.7 Å². The number of nitrogens with zero attached hydrogens (tertiary/aromatic N) is 2. The standard InChI is InChI=1S/C20H25N3O2/c1-2-19(17-8-10-21-11-9-17)22-20(24)23-12-13-25-18(15-23)14-16-6-4-3-5-7-16/h3-11,18-19H,2,12-15H2,1H3,(H,22,24)/t18-,19+/m0/s1. The van der Waals surface area contributed by atoms with Crippen LogP contribution in [0.25, 0.3) is 0 Å². The molecular weight excluding hydrogens is 314 g/mol. The van der Waals surface area contributed by atoms with Crippen molar-refractivity contribution >= 4 is 6.03 Å². The maximum absolute atomic E-state index is 12.7. The summed E-state index contributed by atoms with van der Waals surface area (Å²) in [7, 11) is 0. The lowest BCUT2D eigenvalue weighted by atomic mass is 10.1. The van der Waals surface area contributed by atoms with Gasteiger partial charge in [-0.25, -0.2) is 4.79 Å². The van der Waals surface area contributed by atoms with Crippen molar-refractivity contribution in [3.05, 3.63) is 66.0 Å². The van der Waals surface area contributed by atoms with Gasteiger partial charge in [-0.05, 0) is 29.7 Å². The van der Waals surface area contributed by atoms with Crippen LogP contribution in [0.4, 0.5) is 4.79 Å². The van der Waals surface area contributed by atoms with Crippen LogP contribution in [0.1, 0.15) is 30.5 Å². The molecule has 1 N–H and O–H groups in total. The van der Waals surface area contributed by atoms with Gasteiger partial charge in [-0.15, -0.1) is 0 Å². The first-order valence-corrected chi connectivity index (χ1v) is 8.87. The van der Waals surface area contributed by atoms with Crippen molar-refractivity contribution in [2.24, 2.45) is 0 Å². The molecule has 2 heterocycles. The summed E-state index contributed by atoms with van der Waals surface area (Å²) in [5.74, 6) is 0. The Bertz CT molecular complexity index is 663. The molecule has 25 heavy (non-hydrogen) atoms. The van der Waals surface area contributed by atoms with Gasteiger partial charge in [0, 0.05) is 31.9 Å². The second-order valence-corrected chi connectivity index (χ2v) is 6.32. The predicted octanol–water partition coefficient (Wildman–Crippen LogP) is 3.19. The fraction of sp³-hybridized carbons (Fsp3) is 0.400. The van der Waals surface area contributed by atoms with E-state index < -0.39 is 0 Å². The minimum Gasteiger partial charge on any atom is -0.374 e. The van der Waals surface area contributed by atoms with Gasteiger partial charge in [-0.3, -0.25) is 4.98 Å². The highest BCUT2D eigenvalue weighted by atomic mass is 16.5. The van der Waals surface area contributed by atoms with Crippen molar-refractivity contribution < 1.29 is 9.53 Å². The minimum atomic E-state index is -0.0231. The number of benzene rings is 1. The number of carbonyl (C=O) groups excluding carboxylic acids is 1. The van der Waals surface area contributed by atoms with E-state index in [2.05, 4.69) is 29.4 Å². The number of urea groups is 1. The molecule has 1 fully saturated rings. The second-order valence-electron chi connectivity index (χ2n) is 6.32. The molecular formula is C20H25N3O2. The lowest BCUT2D eigenvalue weighted by Crippen LogP contribution is -2.50. The second kappa shape index (κ2) is 8.62. The van der Waals surface area contributed by atoms with Crippen LogP contribution < -0.4 is 5.32 Å². The van der Waals surface area contributed by atoms with Gasteiger partial charge in [0.2, 0.25) is 0 Å². The average molecular weight is 339 g/mol. The smallest absolute Gasteiger partial charge is 0.318 e. The number of aromatic nitrogens is 1. The van der Waals surface area contributed by atoms with Crippen LogP contribution in [0.15, 0.2) is 54.9 Å². The molecule has 0 radical (unpaired) electrons. The summed E-state index contributed by atoms with van der Waals surface area (Å²) in [6.45, 7) is 3.90. The zero-order valence-electron chi connectivity index (χ0n) is 14.6. The van der Waals surface area contributed by atoms with Gasteiger partial charge in [-0.1, -0.05) is 37.3 Å². The molecule has 1 aliphatic heterocycles. The van der Waals surface area contributed by atoms with Crippen molar-refractivity contribution in [1.82, 2.24) is 15.2 Å². The molecule has 0 saturated carbocycles. The molecule has 5 heteroatoms. The molecule has 0 aliphatic carbocycles. The van der Waals surface area contributed by atoms with E-state index in [9.17, 15) is 4.79 Å². The van der Waals surface area contributed by atoms with Gasteiger partial charge in [0.15, 0.2) is 0 Å². The molecule has 1 aliphatic rings. The van der Waals surface area contributed by atoms with Crippen LogP contribution in [0.5, 0.6) is 0 Å². The van der Waals surface area contributed by atoms with Crippen LogP contribution in [0.3, 0.4) is 0 Å². The summed E-state index contributed by atoms with van der Waals surface area (Å²) in [5.41, 5.74) is 2.32. The molecule has 1 aromatic carbocycles. The zero-order valence-corrected chi connectivity index (χ0v) is 14.6. The number of carbonyl (C=O) groups is 1. The number of hydrogen-bond acceptors (Lipinski definition) is 3. The van der Waals surface area contributed by atoms with Crippen LogP contribution in [0.2, 0.25) is 0 Å². The highest BCUT2D eigenvalue weighted by Gasteiger charge is 2.25. The summed E-state index contributed by atoms with van der Waals surface area (Å²) in [6.07, 6.45) is 5.23. The molecule has 132 valence electrons. The number of pyridine rings is 1. The third-order valence-corrected chi connectivity index (χ3v) is 4.55. The summed E-state index contributed by atoms with van der Waals surface area (Å²) in [4.78, 5) is 18.6. The normalized spacial score (nSPS) is 18.6. The molecule has 2 aromatic rings. The average Bonchev–Trinajstić information content (AvgIpc) is 2.67. The molecule has 1 saturated heterocycles. The maximum atomic E-state index is 12.7. The topological polar surface area (TPSA) is 54.5 Å². The molecule has 0 bridgehead atoms. The van der Waals surface area contributed by atoms with E-state index in [1.807, 2.05) is 35.2 Å². The van der Waals surface area contributed by atoms with E-state index >= 15 is 0 Å². The van der Waals surface area contributed by atoms with E-state index in [4.69, 9.17) is 4.74 Å². The molecule has 3 rings (SSSR count). The van der Waals surface area contributed by atoms with Crippen molar-refractivity contribution in [2.75, 3.05) is 19.7 Å². The lowest BCUT2D eigenvalue weighted by molar-refractivity contribution is -0.0136. The minimum absolute atomic E-state index is 0.00548. The van der Waals surface area contributed by atoms with Crippen LogP contribution in [0, 0.1) is 0 Å². The molecule has 2 atom stereocenters. The Morgan fingerprint density at radius 1 is 1.28 bits per heavy atom. The fourth-order valence-corrected chi connectivity index (χ4v) is 3.16. The highest BCUT2D eigenvalue weighted by molar-refractivity contribution is 5.74. The summed E-state index contributed by atoms with van der Waals surface area (Å²) in [5, 5.41) is 3.14. The Balaban J connectivity index is 1.58. The van der Waals surface area contributed by atoms with Crippen molar-refractivity contribution in [3.63, 3.8) is 0 Å². The number of amides is 2. The van der Waals surface area contributed by atoms with Crippen molar-refractivity contribution in [1.29, 1.82) is 0 Å². The summed E-state index contributed by atoms with van der Waals surface area (Å²) in [6, 6.07) is 14.1. The third-order valence-electron chi connectivity index (χ3n) is 4.55. The number of rotatable bonds is 5. The summed E-state index contributed by atoms with van der Waals surface area (Å²) < 4.78 is 5.85. The quantitative estimate of drug-likeness (QED) is 0.910. The van der Waals surface area contributed by atoms with Crippen LogP contribution in [-0.2, 0) is 11.2 Å². The number of nitrogens with one attached hydrogen (secondary N) is 1. The first-order valence-electron chi connectivity index (χ1n) is 8.87. The van der Waals surface area contributed by atoms with E-state index in [0.717, 1.165) is 18.4 Å². The van der Waals surface area contributed by atoms with Gasteiger partial charge in [0.1, 0.15) is 0 Å². The van der Waals surface area contributed by atoms with E-state index in [1.165, 1.54) is 5.56 Å². The molecule has 5 nitrogen and oxygen atoms in total. The first-order chi connectivity index (χ1) is 12.3. The Kier molecular flexibility index (Phi) is 6.01. The number of hydrogen-bond donors (Lipinski definition) is 1. The van der Waals surface area contributed by atoms with Crippen LogP contribution in [-0.4, -0.2) is 41.7 Å². The van der Waals surface area contributed by atoms with E-state index in [-0.39, 0.29) is 18.2 Å². The Labute approximate surface area is 149 Å². The summed E-state index contributed by atoms with van der Waals surface area (Å²) >= 11 is 0. The number of morpholine rings is 1. The Morgan fingerprint density at radius 3 is 2.76 bits per heavy atom. The predicted molar refractivity (Wildman–Crippen MR) is 97.3 cm³/mol. The maximum Gasteiger partial charge on any atom is 0.318 e. The zero-order chi connectivity index (χ0) is 17.5. The van der Waals surface area contributed by atoms with Crippen LogP contribution >= 0.6 is 0 Å². The largest absolute Gasteiger partial charge is 0.374 e. The SMILES string of the molecule is CC[C@@H](NC(=O)N1CCO[C@@H](Cc2ccccc2)C1)c1ccncc1. The van der Waals surface area contributed by atoms with Gasteiger partial charge < -0.3 is 15.0 Å². The molecule has 1 aromatic heterocycles. The third kappa shape index (κ3) is 4.79. The Hall–Kier alpha value is -2.40. The molecule has 2 amide bonds. The van der Waals surface area contributed by atoms with E-state index in [1.54, 1.807) is 12.4 Å². The monoisotopic (exact) mass is 339 g/mol. The highest BCUT2D eigenvalue weighted by Crippen LogP contribution is 2.17. The van der Waals surface area contributed by atoms with Gasteiger partial charge in [0.05, 0.1) is 18.8 Å². The van der Waals surface area contributed by atoms with Crippen molar-refractivity contribution in [3.8, 4) is 0 Å². The number of ether oxygens (including phenoxy) is 1. The molecule has 0 unspecified atom stereocenters. The van der Waals surface area contributed by atoms with Gasteiger partial charge in [0.25, 0.3) is 0 Å².